The van der Waals surface area contributed by atoms with E-state index in [0.29, 0.717) is 11.9 Å². The van der Waals surface area contributed by atoms with Gasteiger partial charge in [-0.2, -0.15) is 0 Å². The highest BCUT2D eigenvalue weighted by Crippen LogP contribution is 2.33. The number of ether oxygens (including phenoxy) is 1. The summed E-state index contributed by atoms with van der Waals surface area (Å²) in [5, 5.41) is 6.32. The highest BCUT2D eigenvalue weighted by molar-refractivity contribution is 5.92. The molecule has 1 saturated carbocycles. The Morgan fingerprint density at radius 1 is 1.16 bits per heavy atom. The lowest BCUT2D eigenvalue weighted by Crippen LogP contribution is -2.52. The fraction of sp³-hybridized carbons (Fsp3) is 0.667. The summed E-state index contributed by atoms with van der Waals surface area (Å²) in [4.78, 5) is 21.6. The molecule has 3 fully saturated rings. The summed E-state index contributed by atoms with van der Waals surface area (Å²) in [5.41, 5.74) is 1.12. The number of rotatable bonds is 4. The van der Waals surface area contributed by atoms with E-state index in [1.807, 2.05) is 18.3 Å². The van der Waals surface area contributed by atoms with Gasteiger partial charge in [0.1, 0.15) is 5.82 Å². The van der Waals surface area contributed by atoms with E-state index in [1.165, 1.54) is 0 Å². The van der Waals surface area contributed by atoms with Crippen LogP contribution < -0.4 is 15.5 Å². The predicted molar refractivity (Wildman–Crippen MR) is 96.9 cm³/mol. The maximum atomic E-state index is 12.4. The van der Waals surface area contributed by atoms with Gasteiger partial charge in [0.05, 0.1) is 25.1 Å². The first-order valence-corrected chi connectivity index (χ1v) is 9.34. The van der Waals surface area contributed by atoms with Gasteiger partial charge in [-0.3, -0.25) is 9.69 Å². The molecule has 0 radical (unpaired) electrons. The maximum Gasteiger partial charge on any atom is 0.228 e. The van der Waals surface area contributed by atoms with Crippen molar-refractivity contribution in [3.8, 4) is 0 Å². The zero-order valence-electron chi connectivity index (χ0n) is 14.6. The molecule has 0 atom stereocenters. The van der Waals surface area contributed by atoms with Crippen molar-refractivity contribution >= 4 is 17.4 Å². The van der Waals surface area contributed by atoms with E-state index in [-0.39, 0.29) is 11.8 Å². The molecule has 2 aliphatic heterocycles. The number of hydrogen-bond donors (Lipinski definition) is 2. The Hall–Kier alpha value is -1.70. The van der Waals surface area contributed by atoms with Crippen molar-refractivity contribution in [3.05, 3.63) is 18.3 Å². The minimum absolute atomic E-state index is 0.104. The summed E-state index contributed by atoms with van der Waals surface area (Å²) in [6.07, 6.45) is 3.76. The number of hydrogen-bond acceptors (Lipinski definition) is 6. The zero-order chi connectivity index (χ0) is 17.1. The van der Waals surface area contributed by atoms with Crippen molar-refractivity contribution < 1.29 is 9.53 Å². The third kappa shape index (κ3) is 3.94. The number of morpholine rings is 1. The minimum atomic E-state index is 0.104. The Bertz CT molecular complexity index is 576. The molecule has 1 aromatic heterocycles. The summed E-state index contributed by atoms with van der Waals surface area (Å²) in [7, 11) is 0. The Balaban J connectivity index is 1.25. The molecule has 2 N–H and O–H groups in total. The van der Waals surface area contributed by atoms with Crippen molar-refractivity contribution in [1.29, 1.82) is 0 Å². The van der Waals surface area contributed by atoms with E-state index in [1.54, 1.807) is 0 Å². The normalized spacial score (nSPS) is 27.6. The fourth-order valence-corrected chi connectivity index (χ4v) is 3.84. The van der Waals surface area contributed by atoms with Crippen LogP contribution in [0.5, 0.6) is 0 Å². The molecule has 1 aromatic rings. The van der Waals surface area contributed by atoms with Gasteiger partial charge in [-0.25, -0.2) is 4.98 Å². The van der Waals surface area contributed by atoms with E-state index in [4.69, 9.17) is 4.74 Å². The first-order valence-electron chi connectivity index (χ1n) is 9.34. The standard InChI is InChI=1S/C18H27N5O2/c24-18(14-11-16(12-14)23-7-9-25-10-8-23)21-17-2-1-15(13-20-17)22-5-3-19-4-6-22/h1-2,13-14,16,19H,3-12H2,(H,20,21,24). The quantitative estimate of drug-likeness (QED) is 0.830. The monoisotopic (exact) mass is 345 g/mol. The number of anilines is 2. The molecule has 25 heavy (non-hydrogen) atoms. The van der Waals surface area contributed by atoms with Gasteiger partial charge in [0.2, 0.25) is 5.91 Å². The van der Waals surface area contributed by atoms with Crippen LogP contribution in [0.4, 0.5) is 11.5 Å². The Labute approximate surface area is 148 Å². The van der Waals surface area contributed by atoms with Crippen LogP contribution in [-0.2, 0) is 9.53 Å². The number of nitrogens with zero attached hydrogens (tertiary/aromatic N) is 3. The largest absolute Gasteiger partial charge is 0.379 e. The highest BCUT2D eigenvalue weighted by atomic mass is 16.5. The maximum absolute atomic E-state index is 12.4. The molecule has 1 amide bonds. The number of amides is 1. The molecule has 7 heteroatoms. The Kier molecular flexibility index (Phi) is 5.14. The average molecular weight is 345 g/mol. The second kappa shape index (κ2) is 7.68. The topological polar surface area (TPSA) is 69.7 Å². The van der Waals surface area contributed by atoms with Gasteiger partial charge in [-0.1, -0.05) is 0 Å². The van der Waals surface area contributed by atoms with Gasteiger partial charge in [-0.05, 0) is 25.0 Å². The average Bonchev–Trinajstić information content (AvgIpc) is 2.63. The van der Waals surface area contributed by atoms with E-state index >= 15 is 0 Å². The van der Waals surface area contributed by atoms with E-state index in [0.717, 1.165) is 71.0 Å². The lowest BCUT2D eigenvalue weighted by molar-refractivity contribution is -0.125. The lowest BCUT2D eigenvalue weighted by Gasteiger charge is -2.43. The first kappa shape index (κ1) is 16.8. The second-order valence-electron chi connectivity index (χ2n) is 7.10. The number of pyridine rings is 1. The molecule has 0 aromatic carbocycles. The molecule has 0 spiro atoms. The smallest absolute Gasteiger partial charge is 0.228 e. The summed E-state index contributed by atoms with van der Waals surface area (Å²) < 4.78 is 5.39. The van der Waals surface area contributed by atoms with Crippen LogP contribution in [0.15, 0.2) is 18.3 Å². The molecule has 2 saturated heterocycles. The second-order valence-corrected chi connectivity index (χ2v) is 7.10. The SMILES string of the molecule is O=C(Nc1ccc(N2CCNCC2)cn1)C1CC(N2CCOCC2)C1. The molecule has 4 rings (SSSR count). The Morgan fingerprint density at radius 2 is 1.92 bits per heavy atom. The van der Waals surface area contributed by atoms with Crippen molar-refractivity contribution in [1.82, 2.24) is 15.2 Å². The summed E-state index contributed by atoms with van der Waals surface area (Å²) in [5.74, 6) is 0.869. The van der Waals surface area contributed by atoms with Crippen LogP contribution >= 0.6 is 0 Å². The number of carbonyl (C=O) groups excluding carboxylic acids is 1. The van der Waals surface area contributed by atoms with Crippen molar-refractivity contribution in [2.75, 3.05) is 62.7 Å². The third-order valence-corrected chi connectivity index (χ3v) is 5.53. The number of aromatic nitrogens is 1. The lowest BCUT2D eigenvalue weighted by atomic mass is 9.78. The van der Waals surface area contributed by atoms with Gasteiger partial charge in [0.15, 0.2) is 0 Å². The first-order chi connectivity index (χ1) is 12.3. The van der Waals surface area contributed by atoms with Crippen LogP contribution in [0.25, 0.3) is 0 Å². The molecule has 136 valence electrons. The van der Waals surface area contributed by atoms with Crippen molar-refractivity contribution in [3.63, 3.8) is 0 Å². The minimum Gasteiger partial charge on any atom is -0.379 e. The predicted octanol–water partition coefficient (Wildman–Crippen LogP) is 0.541. The van der Waals surface area contributed by atoms with Crippen molar-refractivity contribution in [2.24, 2.45) is 5.92 Å². The van der Waals surface area contributed by atoms with Gasteiger partial charge in [0.25, 0.3) is 0 Å². The highest BCUT2D eigenvalue weighted by Gasteiger charge is 2.38. The van der Waals surface area contributed by atoms with Crippen LogP contribution in [0, 0.1) is 5.92 Å². The number of carbonyl (C=O) groups is 1. The molecule has 3 heterocycles. The number of piperazine rings is 1. The third-order valence-electron chi connectivity index (χ3n) is 5.53. The van der Waals surface area contributed by atoms with Gasteiger partial charge in [-0.15, -0.1) is 0 Å². The fourth-order valence-electron chi connectivity index (χ4n) is 3.84. The van der Waals surface area contributed by atoms with Crippen molar-refractivity contribution in [2.45, 2.75) is 18.9 Å². The zero-order valence-corrected chi connectivity index (χ0v) is 14.6. The molecular formula is C18H27N5O2. The van der Waals surface area contributed by atoms with Gasteiger partial charge >= 0.3 is 0 Å². The molecule has 0 unspecified atom stereocenters. The van der Waals surface area contributed by atoms with Crippen LogP contribution in [0.1, 0.15) is 12.8 Å². The molecule has 7 nitrogen and oxygen atoms in total. The molecule has 1 aliphatic carbocycles. The number of nitrogens with one attached hydrogen (secondary N) is 2. The summed E-state index contributed by atoms with van der Waals surface area (Å²) in [6.45, 7) is 7.63. The molecular weight excluding hydrogens is 318 g/mol. The molecule has 3 aliphatic rings. The van der Waals surface area contributed by atoms with E-state index in [2.05, 4.69) is 25.4 Å². The Morgan fingerprint density at radius 3 is 2.60 bits per heavy atom. The summed E-state index contributed by atoms with van der Waals surface area (Å²) in [6, 6.07) is 4.50. The van der Waals surface area contributed by atoms with E-state index in [9.17, 15) is 4.79 Å². The van der Waals surface area contributed by atoms with E-state index < -0.39 is 0 Å². The van der Waals surface area contributed by atoms with Crippen LogP contribution in [0.2, 0.25) is 0 Å². The van der Waals surface area contributed by atoms with Crippen LogP contribution in [0.3, 0.4) is 0 Å². The van der Waals surface area contributed by atoms with Crippen LogP contribution in [-0.4, -0.2) is 74.3 Å². The molecule has 0 bridgehead atoms. The van der Waals surface area contributed by atoms with Gasteiger partial charge in [0, 0.05) is 51.2 Å². The van der Waals surface area contributed by atoms with Gasteiger partial charge < -0.3 is 20.3 Å². The summed E-state index contributed by atoms with van der Waals surface area (Å²) >= 11 is 0.